The second kappa shape index (κ2) is 6.35. The predicted octanol–water partition coefficient (Wildman–Crippen LogP) is 2.82. The fourth-order valence-electron chi connectivity index (χ4n) is 1.84. The van der Waals surface area contributed by atoms with Crippen LogP contribution >= 0.6 is 23.2 Å². The zero-order valence-electron chi connectivity index (χ0n) is 11.3. The Hall–Kier alpha value is -2.45. The van der Waals surface area contributed by atoms with Crippen LogP contribution in [-0.4, -0.2) is 32.7 Å². The summed E-state index contributed by atoms with van der Waals surface area (Å²) in [5.74, 6) is -0.780. The normalized spacial score (nSPS) is 10.7. The maximum atomic E-state index is 13.1. The third-order valence-electron chi connectivity index (χ3n) is 2.82. The summed E-state index contributed by atoms with van der Waals surface area (Å²) in [4.78, 5) is 19.9. The van der Waals surface area contributed by atoms with E-state index >= 15 is 0 Å². The number of rotatable bonds is 4. The number of hydrogen-bond donors (Lipinski definition) is 2. The second-order valence-corrected chi connectivity index (χ2v) is 5.20. The molecule has 0 saturated carbocycles. The lowest BCUT2D eigenvalue weighted by molar-refractivity contribution is -0.118. The largest absolute Gasteiger partial charge is 0.481 e. The topological polar surface area (TPSA) is 92.8 Å². The van der Waals surface area contributed by atoms with Crippen molar-refractivity contribution in [3.8, 4) is 5.75 Å². The first-order valence-electron chi connectivity index (χ1n) is 6.26. The van der Waals surface area contributed by atoms with Crippen molar-refractivity contribution in [3.05, 3.63) is 40.5 Å². The van der Waals surface area contributed by atoms with Crippen LogP contribution in [0.4, 0.5) is 10.2 Å². The molecule has 118 valence electrons. The van der Waals surface area contributed by atoms with Gasteiger partial charge in [0.25, 0.3) is 5.91 Å². The van der Waals surface area contributed by atoms with Crippen LogP contribution in [0.15, 0.2) is 24.7 Å². The lowest BCUT2D eigenvalue weighted by Gasteiger charge is -2.10. The molecule has 0 aliphatic heterocycles. The molecule has 3 aromatic rings. The van der Waals surface area contributed by atoms with Gasteiger partial charge in [0.05, 0.1) is 21.6 Å². The fourth-order valence-corrected chi connectivity index (χ4v) is 2.41. The monoisotopic (exact) mass is 355 g/mol. The first kappa shape index (κ1) is 15.4. The molecule has 0 aliphatic rings. The molecule has 7 nitrogen and oxygen atoms in total. The van der Waals surface area contributed by atoms with Crippen molar-refractivity contribution in [2.45, 2.75) is 0 Å². The van der Waals surface area contributed by atoms with Crippen LogP contribution in [0.25, 0.3) is 11.0 Å². The fraction of sp³-hybridized carbons (Fsp3) is 0.0769. The number of hydrogen-bond acceptors (Lipinski definition) is 5. The molecule has 0 aliphatic carbocycles. The number of nitrogens with one attached hydrogen (secondary N) is 2. The molecular formula is C13H8Cl2FN5O2. The Balaban J connectivity index is 1.70. The Labute approximate surface area is 138 Å². The first-order chi connectivity index (χ1) is 11.0. The van der Waals surface area contributed by atoms with Crippen LogP contribution in [-0.2, 0) is 4.79 Å². The number of carbonyl (C=O) groups is 1. The number of carbonyl (C=O) groups excluding carboxylic acids is 1. The number of fused-ring (bicyclic) bond motifs is 1. The highest BCUT2D eigenvalue weighted by Crippen LogP contribution is 2.33. The summed E-state index contributed by atoms with van der Waals surface area (Å²) in [5.41, 5.74) is 0.487. The van der Waals surface area contributed by atoms with Crippen molar-refractivity contribution in [2.75, 3.05) is 11.9 Å². The standard InChI is InChI=1S/C13H8Cl2FN5O2/c14-8-1-6(16)2-9(15)11(8)23-4-10(22)20-12-7-3-19-21-13(7)18-5-17-12/h1-3,5H,4H2,(H2,17,18,19,20,21,22). The van der Waals surface area contributed by atoms with Crippen LogP contribution in [0.1, 0.15) is 0 Å². The molecule has 0 atom stereocenters. The van der Waals surface area contributed by atoms with Crippen LogP contribution in [0, 0.1) is 5.82 Å². The van der Waals surface area contributed by atoms with Crippen LogP contribution in [0.5, 0.6) is 5.75 Å². The Morgan fingerprint density at radius 3 is 2.78 bits per heavy atom. The highest BCUT2D eigenvalue weighted by molar-refractivity contribution is 6.37. The molecule has 0 unspecified atom stereocenters. The quantitative estimate of drug-likeness (QED) is 0.750. The van der Waals surface area contributed by atoms with E-state index in [-0.39, 0.29) is 28.2 Å². The van der Waals surface area contributed by atoms with Crippen molar-refractivity contribution in [2.24, 2.45) is 0 Å². The minimum Gasteiger partial charge on any atom is -0.481 e. The Kier molecular flexibility index (Phi) is 4.26. The van der Waals surface area contributed by atoms with E-state index in [2.05, 4.69) is 25.5 Å². The zero-order chi connectivity index (χ0) is 16.4. The van der Waals surface area contributed by atoms with Gasteiger partial charge in [0, 0.05) is 0 Å². The minimum atomic E-state index is -0.597. The third-order valence-corrected chi connectivity index (χ3v) is 3.38. The number of aromatic amines is 1. The Bertz CT molecular complexity index is 863. The van der Waals surface area contributed by atoms with E-state index < -0.39 is 11.7 Å². The van der Waals surface area contributed by atoms with Crippen molar-refractivity contribution >= 4 is 46.0 Å². The molecule has 0 fully saturated rings. The molecule has 2 heterocycles. The minimum absolute atomic E-state index is 0.0259. The van der Waals surface area contributed by atoms with Gasteiger partial charge >= 0.3 is 0 Å². The summed E-state index contributed by atoms with van der Waals surface area (Å²) in [6.45, 7) is -0.381. The maximum absolute atomic E-state index is 13.1. The van der Waals surface area contributed by atoms with E-state index in [1.807, 2.05) is 0 Å². The molecule has 0 radical (unpaired) electrons. The van der Waals surface area contributed by atoms with Gasteiger partial charge in [-0.05, 0) is 12.1 Å². The van der Waals surface area contributed by atoms with Crippen molar-refractivity contribution in [1.29, 1.82) is 0 Å². The van der Waals surface area contributed by atoms with Gasteiger partial charge in [0.15, 0.2) is 18.0 Å². The van der Waals surface area contributed by atoms with E-state index in [0.29, 0.717) is 11.0 Å². The third kappa shape index (κ3) is 3.33. The molecule has 3 rings (SSSR count). The number of anilines is 1. The molecule has 1 amide bonds. The zero-order valence-corrected chi connectivity index (χ0v) is 12.8. The molecule has 0 spiro atoms. The van der Waals surface area contributed by atoms with Crippen molar-refractivity contribution < 1.29 is 13.9 Å². The average Bonchev–Trinajstić information content (AvgIpc) is 2.95. The van der Waals surface area contributed by atoms with E-state index in [1.54, 1.807) is 0 Å². The summed E-state index contributed by atoms with van der Waals surface area (Å²) in [7, 11) is 0. The van der Waals surface area contributed by atoms with E-state index in [4.69, 9.17) is 27.9 Å². The molecule has 23 heavy (non-hydrogen) atoms. The molecule has 0 bridgehead atoms. The number of amides is 1. The van der Waals surface area contributed by atoms with Crippen LogP contribution in [0.2, 0.25) is 10.0 Å². The van der Waals surface area contributed by atoms with Crippen molar-refractivity contribution in [3.63, 3.8) is 0 Å². The van der Waals surface area contributed by atoms with E-state index in [0.717, 1.165) is 12.1 Å². The van der Waals surface area contributed by atoms with Crippen LogP contribution < -0.4 is 10.1 Å². The second-order valence-electron chi connectivity index (χ2n) is 4.39. The summed E-state index contributed by atoms with van der Waals surface area (Å²) in [6, 6.07) is 2.08. The molecule has 0 saturated heterocycles. The summed E-state index contributed by atoms with van der Waals surface area (Å²) in [5, 5.41) is 9.53. The Morgan fingerprint density at radius 1 is 1.30 bits per heavy atom. The van der Waals surface area contributed by atoms with Crippen molar-refractivity contribution in [1.82, 2.24) is 20.2 Å². The average molecular weight is 356 g/mol. The number of H-pyrrole nitrogens is 1. The highest BCUT2D eigenvalue weighted by atomic mass is 35.5. The molecule has 2 aromatic heterocycles. The lowest BCUT2D eigenvalue weighted by atomic mass is 10.3. The molecule has 10 heteroatoms. The van der Waals surface area contributed by atoms with Gasteiger partial charge in [-0.2, -0.15) is 5.10 Å². The summed E-state index contributed by atoms with van der Waals surface area (Å²) in [6.07, 6.45) is 2.77. The van der Waals surface area contributed by atoms with Gasteiger partial charge < -0.3 is 10.1 Å². The smallest absolute Gasteiger partial charge is 0.263 e. The van der Waals surface area contributed by atoms with Gasteiger partial charge in [-0.25, -0.2) is 14.4 Å². The van der Waals surface area contributed by atoms with Gasteiger partial charge in [-0.1, -0.05) is 23.2 Å². The maximum Gasteiger partial charge on any atom is 0.263 e. The number of aromatic nitrogens is 4. The van der Waals surface area contributed by atoms with Gasteiger partial charge in [0.1, 0.15) is 18.0 Å². The number of ether oxygens (including phenoxy) is 1. The summed E-state index contributed by atoms with van der Waals surface area (Å²) >= 11 is 11.7. The lowest BCUT2D eigenvalue weighted by Crippen LogP contribution is -2.21. The van der Waals surface area contributed by atoms with Gasteiger partial charge in [0.2, 0.25) is 0 Å². The number of nitrogens with zero attached hydrogens (tertiary/aromatic N) is 3. The van der Waals surface area contributed by atoms with Gasteiger partial charge in [-0.3, -0.25) is 9.89 Å². The number of halogens is 3. The first-order valence-corrected chi connectivity index (χ1v) is 7.01. The Morgan fingerprint density at radius 2 is 2.04 bits per heavy atom. The van der Waals surface area contributed by atoms with E-state index in [9.17, 15) is 9.18 Å². The van der Waals surface area contributed by atoms with Crippen LogP contribution in [0.3, 0.4) is 0 Å². The van der Waals surface area contributed by atoms with E-state index in [1.165, 1.54) is 12.5 Å². The summed E-state index contributed by atoms with van der Waals surface area (Å²) < 4.78 is 18.3. The predicted molar refractivity (Wildman–Crippen MR) is 82.2 cm³/mol. The molecule has 1 aromatic carbocycles. The SMILES string of the molecule is O=C(COc1c(Cl)cc(F)cc1Cl)Nc1ncnc2[nH]ncc12. The highest BCUT2D eigenvalue weighted by Gasteiger charge is 2.13. The molecular weight excluding hydrogens is 348 g/mol. The molecule has 2 N–H and O–H groups in total. The van der Waals surface area contributed by atoms with Gasteiger partial charge in [-0.15, -0.1) is 0 Å². The number of benzene rings is 1.